The van der Waals surface area contributed by atoms with E-state index in [-0.39, 0.29) is 11.9 Å². The van der Waals surface area contributed by atoms with Gasteiger partial charge in [-0.3, -0.25) is 4.79 Å². The number of benzene rings is 1. The second-order valence-electron chi connectivity index (χ2n) is 7.70. The molecule has 1 aromatic carbocycles. The maximum absolute atomic E-state index is 13.2. The van der Waals surface area contributed by atoms with Gasteiger partial charge >= 0.3 is 0 Å². The minimum atomic E-state index is -0.126. The number of thiophene rings is 1. The van der Waals surface area contributed by atoms with Gasteiger partial charge in [-0.05, 0) is 49.1 Å². The summed E-state index contributed by atoms with van der Waals surface area (Å²) in [7, 11) is 4.01. The van der Waals surface area contributed by atoms with Crippen molar-refractivity contribution in [3.05, 3.63) is 65.2 Å². The molecular formula is C23H25N5OS. The number of anilines is 1. The maximum Gasteiger partial charge on any atom is 0.252 e. The average molecular weight is 420 g/mol. The van der Waals surface area contributed by atoms with E-state index in [0.29, 0.717) is 12.1 Å². The monoisotopic (exact) mass is 419 g/mol. The molecule has 0 bridgehead atoms. The Kier molecular flexibility index (Phi) is 5.55. The number of rotatable bonds is 6. The molecule has 1 amide bonds. The Labute approximate surface area is 180 Å². The maximum atomic E-state index is 13.2. The van der Waals surface area contributed by atoms with E-state index >= 15 is 0 Å². The van der Waals surface area contributed by atoms with Crippen LogP contribution in [0.4, 0.5) is 5.69 Å². The predicted molar refractivity (Wildman–Crippen MR) is 123 cm³/mol. The molecule has 1 N–H and O–H groups in total. The highest BCUT2D eigenvalue weighted by atomic mass is 32.1. The molecule has 0 atom stereocenters. The van der Waals surface area contributed by atoms with Gasteiger partial charge in [0.15, 0.2) is 5.65 Å². The molecule has 0 fully saturated rings. The van der Waals surface area contributed by atoms with E-state index in [4.69, 9.17) is 4.98 Å². The SMILES string of the molecule is CC(C)n1ncc2c(C(=O)NCc3cccc(N(C)C)c3)cc(-c3cccs3)nc21. The highest BCUT2D eigenvalue weighted by Gasteiger charge is 2.18. The fraction of sp³-hybridized carbons (Fsp3) is 0.261. The van der Waals surface area contributed by atoms with Crippen LogP contribution < -0.4 is 10.2 Å². The Morgan fingerprint density at radius 2 is 2.03 bits per heavy atom. The van der Waals surface area contributed by atoms with Gasteiger partial charge in [-0.1, -0.05) is 18.2 Å². The lowest BCUT2D eigenvalue weighted by atomic mass is 10.1. The Morgan fingerprint density at radius 1 is 1.20 bits per heavy atom. The Balaban J connectivity index is 1.68. The normalized spacial score (nSPS) is 11.2. The van der Waals surface area contributed by atoms with Crippen molar-refractivity contribution in [1.29, 1.82) is 0 Å². The lowest BCUT2D eigenvalue weighted by molar-refractivity contribution is 0.0952. The second-order valence-corrected chi connectivity index (χ2v) is 8.65. The van der Waals surface area contributed by atoms with Crippen molar-refractivity contribution in [1.82, 2.24) is 20.1 Å². The van der Waals surface area contributed by atoms with Crippen LogP contribution in [0.5, 0.6) is 0 Å². The molecule has 0 aliphatic carbocycles. The van der Waals surface area contributed by atoms with Crippen LogP contribution in [0.1, 0.15) is 35.8 Å². The summed E-state index contributed by atoms with van der Waals surface area (Å²) in [5, 5.41) is 10.3. The van der Waals surface area contributed by atoms with E-state index in [9.17, 15) is 4.79 Å². The van der Waals surface area contributed by atoms with Crippen LogP contribution in [0.25, 0.3) is 21.6 Å². The van der Waals surface area contributed by atoms with Gasteiger partial charge in [-0.15, -0.1) is 11.3 Å². The lowest BCUT2D eigenvalue weighted by Gasteiger charge is -2.14. The Hall–Kier alpha value is -3.19. The molecule has 0 unspecified atom stereocenters. The summed E-state index contributed by atoms with van der Waals surface area (Å²) in [5.74, 6) is -0.126. The number of carbonyl (C=O) groups excluding carboxylic acids is 1. The molecule has 0 saturated heterocycles. The molecule has 0 spiro atoms. The van der Waals surface area contributed by atoms with E-state index in [0.717, 1.165) is 32.9 Å². The molecule has 4 aromatic rings. The van der Waals surface area contributed by atoms with Crippen molar-refractivity contribution in [2.24, 2.45) is 0 Å². The van der Waals surface area contributed by atoms with E-state index < -0.39 is 0 Å². The number of fused-ring (bicyclic) bond motifs is 1. The molecule has 0 aliphatic rings. The molecule has 4 rings (SSSR count). The first-order valence-corrected chi connectivity index (χ1v) is 10.8. The summed E-state index contributed by atoms with van der Waals surface area (Å²) in [4.78, 5) is 21.1. The molecule has 0 saturated carbocycles. The zero-order valence-electron chi connectivity index (χ0n) is 17.6. The van der Waals surface area contributed by atoms with E-state index in [1.165, 1.54) is 0 Å². The van der Waals surface area contributed by atoms with Crippen LogP contribution >= 0.6 is 11.3 Å². The summed E-state index contributed by atoms with van der Waals surface area (Å²) in [6.07, 6.45) is 1.74. The van der Waals surface area contributed by atoms with Crippen LogP contribution in [0.3, 0.4) is 0 Å². The van der Waals surface area contributed by atoms with Gasteiger partial charge in [0.1, 0.15) is 0 Å². The van der Waals surface area contributed by atoms with Gasteiger partial charge in [0.05, 0.1) is 27.7 Å². The summed E-state index contributed by atoms with van der Waals surface area (Å²) in [5.41, 5.74) is 4.27. The van der Waals surface area contributed by atoms with Crippen molar-refractivity contribution in [2.75, 3.05) is 19.0 Å². The molecule has 7 heteroatoms. The van der Waals surface area contributed by atoms with Crippen molar-refractivity contribution < 1.29 is 4.79 Å². The van der Waals surface area contributed by atoms with Crippen LogP contribution in [0, 0.1) is 0 Å². The van der Waals surface area contributed by atoms with Crippen LogP contribution in [-0.2, 0) is 6.54 Å². The van der Waals surface area contributed by atoms with E-state index in [1.54, 1.807) is 17.5 Å². The standard InChI is InChI=1S/C23H25N5OS/c1-15(2)28-22-19(14-25-28)18(12-20(26-22)21-9-6-10-30-21)23(29)24-13-16-7-5-8-17(11-16)27(3)4/h5-12,14-15H,13H2,1-4H3,(H,24,29). The number of nitrogens with one attached hydrogen (secondary N) is 1. The van der Waals surface area contributed by atoms with E-state index in [1.807, 2.05) is 65.5 Å². The molecule has 3 heterocycles. The van der Waals surface area contributed by atoms with Gasteiger partial charge in [0, 0.05) is 32.4 Å². The minimum Gasteiger partial charge on any atom is -0.378 e. The summed E-state index contributed by atoms with van der Waals surface area (Å²) < 4.78 is 1.86. The quantitative estimate of drug-likeness (QED) is 0.490. The highest BCUT2D eigenvalue weighted by Crippen LogP contribution is 2.29. The zero-order valence-corrected chi connectivity index (χ0v) is 18.4. The summed E-state index contributed by atoms with van der Waals surface area (Å²) in [6, 6.07) is 14.2. The fourth-order valence-corrected chi connectivity index (χ4v) is 4.04. The number of nitrogens with zero attached hydrogens (tertiary/aromatic N) is 4. The Bertz CT molecular complexity index is 1180. The molecule has 154 valence electrons. The number of hydrogen-bond donors (Lipinski definition) is 1. The van der Waals surface area contributed by atoms with Crippen molar-refractivity contribution >= 4 is 34.0 Å². The number of carbonyl (C=O) groups is 1. The third kappa shape index (κ3) is 3.93. The van der Waals surface area contributed by atoms with Crippen LogP contribution in [0.15, 0.2) is 54.0 Å². The summed E-state index contributed by atoms with van der Waals surface area (Å²) >= 11 is 1.61. The first-order valence-electron chi connectivity index (χ1n) is 9.90. The first-order chi connectivity index (χ1) is 14.4. The van der Waals surface area contributed by atoms with Gasteiger partial charge in [0.2, 0.25) is 0 Å². The van der Waals surface area contributed by atoms with Crippen molar-refractivity contribution in [2.45, 2.75) is 26.4 Å². The molecule has 6 nitrogen and oxygen atoms in total. The first kappa shape index (κ1) is 20.1. The second kappa shape index (κ2) is 8.28. The largest absolute Gasteiger partial charge is 0.378 e. The van der Waals surface area contributed by atoms with Crippen molar-refractivity contribution in [3.63, 3.8) is 0 Å². The third-order valence-electron chi connectivity index (χ3n) is 4.95. The highest BCUT2D eigenvalue weighted by molar-refractivity contribution is 7.13. The van der Waals surface area contributed by atoms with Gasteiger partial charge < -0.3 is 10.2 Å². The Morgan fingerprint density at radius 3 is 2.73 bits per heavy atom. The van der Waals surface area contributed by atoms with E-state index in [2.05, 4.69) is 30.3 Å². The van der Waals surface area contributed by atoms with Gasteiger partial charge in [0.25, 0.3) is 5.91 Å². The molecule has 0 radical (unpaired) electrons. The lowest BCUT2D eigenvalue weighted by Crippen LogP contribution is -2.23. The number of pyridine rings is 1. The molecule has 0 aliphatic heterocycles. The number of hydrogen-bond acceptors (Lipinski definition) is 5. The average Bonchev–Trinajstić information content (AvgIpc) is 3.41. The van der Waals surface area contributed by atoms with Crippen LogP contribution in [0.2, 0.25) is 0 Å². The van der Waals surface area contributed by atoms with Gasteiger partial charge in [-0.25, -0.2) is 9.67 Å². The summed E-state index contributed by atoms with van der Waals surface area (Å²) in [6.45, 7) is 4.57. The van der Waals surface area contributed by atoms with Crippen LogP contribution in [-0.4, -0.2) is 34.8 Å². The third-order valence-corrected chi connectivity index (χ3v) is 5.85. The molecular weight excluding hydrogens is 394 g/mol. The van der Waals surface area contributed by atoms with Gasteiger partial charge in [-0.2, -0.15) is 5.10 Å². The smallest absolute Gasteiger partial charge is 0.252 e. The zero-order chi connectivity index (χ0) is 21.3. The molecule has 3 aromatic heterocycles. The predicted octanol–water partition coefficient (Wildman–Crippen LogP) is 4.74. The topological polar surface area (TPSA) is 63.1 Å². The molecule has 30 heavy (non-hydrogen) atoms. The number of amides is 1. The fourth-order valence-electron chi connectivity index (χ4n) is 3.36. The van der Waals surface area contributed by atoms with Crippen molar-refractivity contribution in [3.8, 4) is 10.6 Å². The minimum absolute atomic E-state index is 0.126. The number of aromatic nitrogens is 3.